The molecule has 0 bridgehead atoms. The monoisotopic (exact) mass is 179 g/mol. The van der Waals surface area contributed by atoms with E-state index in [1.54, 1.807) is 13.2 Å². The number of aliphatic hydroxyl groups is 1. The lowest BCUT2D eigenvalue weighted by Crippen LogP contribution is -2.01. The molecule has 0 atom stereocenters. The van der Waals surface area contributed by atoms with Gasteiger partial charge in [-0.05, 0) is 23.8 Å². The average Bonchev–Trinajstić information content (AvgIpc) is 2.18. The predicted octanol–water partition coefficient (Wildman–Crippen LogP) is 1.55. The zero-order valence-electron chi connectivity index (χ0n) is 7.53. The summed E-state index contributed by atoms with van der Waals surface area (Å²) in [6.07, 6.45) is 1.61. The van der Waals surface area contributed by atoms with E-state index in [0.717, 1.165) is 11.3 Å². The van der Waals surface area contributed by atoms with E-state index >= 15 is 0 Å². The molecule has 0 aliphatic heterocycles. The highest BCUT2D eigenvalue weighted by atomic mass is 16.5. The van der Waals surface area contributed by atoms with Gasteiger partial charge < -0.3 is 15.6 Å². The highest BCUT2D eigenvalue weighted by Gasteiger charge is 1.93. The molecule has 1 rings (SSSR count). The molecule has 0 radical (unpaired) electrons. The summed E-state index contributed by atoms with van der Waals surface area (Å²) in [7, 11) is 1.60. The van der Waals surface area contributed by atoms with Crippen molar-refractivity contribution in [2.45, 2.75) is 0 Å². The largest absolute Gasteiger partial charge is 0.511 e. The van der Waals surface area contributed by atoms with Gasteiger partial charge in [-0.15, -0.1) is 0 Å². The Kier molecular flexibility index (Phi) is 3.34. The van der Waals surface area contributed by atoms with Crippen molar-refractivity contribution in [1.82, 2.24) is 0 Å². The van der Waals surface area contributed by atoms with Gasteiger partial charge in [0, 0.05) is 0 Å². The fourth-order valence-electron chi connectivity index (χ4n) is 0.983. The van der Waals surface area contributed by atoms with Gasteiger partial charge in [-0.1, -0.05) is 12.1 Å². The lowest BCUT2D eigenvalue weighted by atomic mass is 10.2. The van der Waals surface area contributed by atoms with Crippen molar-refractivity contribution in [3.8, 4) is 5.75 Å². The van der Waals surface area contributed by atoms with E-state index in [1.807, 2.05) is 24.3 Å². The van der Waals surface area contributed by atoms with Crippen LogP contribution in [-0.2, 0) is 0 Å². The van der Waals surface area contributed by atoms with E-state index in [2.05, 4.69) is 0 Å². The summed E-state index contributed by atoms with van der Waals surface area (Å²) in [6, 6.07) is 7.39. The number of methoxy groups -OCH3 is 1. The molecule has 0 aliphatic carbocycles. The summed E-state index contributed by atoms with van der Waals surface area (Å²) in [5.74, 6) is 0.923. The lowest BCUT2D eigenvalue weighted by molar-refractivity contribution is 0.408. The van der Waals surface area contributed by atoms with Crippen molar-refractivity contribution in [3.05, 3.63) is 35.6 Å². The van der Waals surface area contributed by atoms with Gasteiger partial charge in [-0.3, -0.25) is 0 Å². The van der Waals surface area contributed by atoms with Crippen LogP contribution in [0.25, 0.3) is 6.08 Å². The Morgan fingerprint density at radius 2 is 2.38 bits per heavy atom. The molecule has 0 saturated carbocycles. The molecule has 13 heavy (non-hydrogen) atoms. The predicted molar refractivity (Wildman–Crippen MR) is 52.7 cm³/mol. The number of aliphatic hydroxyl groups excluding tert-OH is 1. The van der Waals surface area contributed by atoms with Crippen LogP contribution in [0.3, 0.4) is 0 Å². The normalized spacial score (nSPS) is 11.4. The maximum atomic E-state index is 9.17. The van der Waals surface area contributed by atoms with E-state index in [1.165, 1.54) is 0 Å². The summed E-state index contributed by atoms with van der Waals surface area (Å²) in [5.41, 5.74) is 6.12. The topological polar surface area (TPSA) is 55.5 Å². The van der Waals surface area contributed by atoms with Crippen molar-refractivity contribution in [1.29, 1.82) is 0 Å². The summed E-state index contributed by atoms with van der Waals surface area (Å²) < 4.78 is 5.03. The molecule has 3 N–H and O–H groups in total. The zero-order chi connectivity index (χ0) is 9.68. The molecule has 0 amide bonds. The third-order valence-electron chi connectivity index (χ3n) is 1.64. The highest BCUT2D eigenvalue weighted by molar-refractivity contribution is 5.53. The van der Waals surface area contributed by atoms with Crippen LogP contribution < -0.4 is 10.5 Å². The Morgan fingerprint density at radius 3 is 3.00 bits per heavy atom. The van der Waals surface area contributed by atoms with Crippen LogP contribution in [0.4, 0.5) is 0 Å². The molecule has 70 valence electrons. The third-order valence-corrected chi connectivity index (χ3v) is 1.64. The van der Waals surface area contributed by atoms with E-state index in [4.69, 9.17) is 10.5 Å². The number of hydrogen-bond donors (Lipinski definition) is 2. The van der Waals surface area contributed by atoms with E-state index in [0.29, 0.717) is 0 Å². The van der Waals surface area contributed by atoms with E-state index < -0.39 is 0 Å². The number of rotatable bonds is 3. The second-order valence-electron chi connectivity index (χ2n) is 2.62. The Balaban J connectivity index is 2.89. The third kappa shape index (κ3) is 2.80. The fraction of sp³-hybridized carbons (Fsp3) is 0.200. The van der Waals surface area contributed by atoms with Gasteiger partial charge in [0.2, 0.25) is 0 Å². The van der Waals surface area contributed by atoms with Gasteiger partial charge in [-0.25, -0.2) is 0 Å². The Labute approximate surface area is 77.4 Å². The van der Waals surface area contributed by atoms with Crippen molar-refractivity contribution in [3.63, 3.8) is 0 Å². The summed E-state index contributed by atoms with van der Waals surface area (Å²) >= 11 is 0. The minimum Gasteiger partial charge on any atom is -0.511 e. The maximum absolute atomic E-state index is 9.17. The van der Waals surface area contributed by atoms with Gasteiger partial charge in [0.05, 0.1) is 13.7 Å². The first-order chi connectivity index (χ1) is 6.26. The quantitative estimate of drug-likeness (QED) is 0.692. The Bertz CT molecular complexity index is 308. The second-order valence-corrected chi connectivity index (χ2v) is 2.62. The summed E-state index contributed by atoms with van der Waals surface area (Å²) in [6.45, 7) is 0.150. The van der Waals surface area contributed by atoms with Crippen molar-refractivity contribution in [2.24, 2.45) is 5.73 Å². The molecule has 1 aromatic rings. The molecule has 0 fully saturated rings. The van der Waals surface area contributed by atoms with Gasteiger partial charge in [0.15, 0.2) is 0 Å². The highest BCUT2D eigenvalue weighted by Crippen LogP contribution is 2.14. The SMILES string of the molecule is COc1cccc(C=C(O)CN)c1. The minimum absolute atomic E-state index is 0.150. The van der Waals surface area contributed by atoms with Crippen LogP contribution in [0.15, 0.2) is 30.0 Å². The van der Waals surface area contributed by atoms with Crippen LogP contribution >= 0.6 is 0 Å². The Morgan fingerprint density at radius 1 is 1.62 bits per heavy atom. The maximum Gasteiger partial charge on any atom is 0.119 e. The molecule has 0 unspecified atom stereocenters. The minimum atomic E-state index is 0.150. The lowest BCUT2D eigenvalue weighted by Gasteiger charge is -2.00. The molecule has 3 heteroatoms. The standard InChI is InChI=1S/C10H13NO2/c1-13-10-4-2-3-8(6-10)5-9(12)7-11/h2-6,12H,7,11H2,1H3. The first-order valence-electron chi connectivity index (χ1n) is 4.00. The van der Waals surface area contributed by atoms with Crippen LogP contribution in [-0.4, -0.2) is 18.8 Å². The molecule has 0 heterocycles. The first-order valence-corrected chi connectivity index (χ1v) is 4.00. The van der Waals surface area contributed by atoms with Crippen LogP contribution in [0.2, 0.25) is 0 Å². The van der Waals surface area contributed by atoms with Crippen LogP contribution in [0.5, 0.6) is 5.75 Å². The summed E-state index contributed by atoms with van der Waals surface area (Å²) in [4.78, 5) is 0. The molecule has 0 aliphatic rings. The summed E-state index contributed by atoms with van der Waals surface area (Å²) in [5, 5.41) is 9.17. The van der Waals surface area contributed by atoms with Crippen molar-refractivity contribution >= 4 is 6.08 Å². The fourth-order valence-corrected chi connectivity index (χ4v) is 0.983. The number of hydrogen-bond acceptors (Lipinski definition) is 3. The molecule has 1 aromatic carbocycles. The Hall–Kier alpha value is -1.48. The van der Waals surface area contributed by atoms with Crippen molar-refractivity contribution in [2.75, 3.05) is 13.7 Å². The molecule has 0 spiro atoms. The molecular weight excluding hydrogens is 166 g/mol. The van der Waals surface area contributed by atoms with Crippen LogP contribution in [0.1, 0.15) is 5.56 Å². The van der Waals surface area contributed by atoms with E-state index in [-0.39, 0.29) is 12.3 Å². The molecule has 3 nitrogen and oxygen atoms in total. The van der Waals surface area contributed by atoms with Gasteiger partial charge in [0.1, 0.15) is 11.5 Å². The smallest absolute Gasteiger partial charge is 0.119 e. The molecular formula is C10H13NO2. The van der Waals surface area contributed by atoms with Gasteiger partial charge in [0.25, 0.3) is 0 Å². The van der Waals surface area contributed by atoms with Crippen molar-refractivity contribution < 1.29 is 9.84 Å². The second kappa shape index (κ2) is 4.52. The number of benzene rings is 1. The van der Waals surface area contributed by atoms with E-state index in [9.17, 15) is 5.11 Å². The average molecular weight is 179 g/mol. The number of nitrogens with two attached hydrogens (primary N) is 1. The van der Waals surface area contributed by atoms with Gasteiger partial charge >= 0.3 is 0 Å². The molecule has 0 aromatic heterocycles. The van der Waals surface area contributed by atoms with Crippen LogP contribution in [0, 0.1) is 0 Å². The molecule has 0 saturated heterocycles. The first kappa shape index (κ1) is 9.61. The zero-order valence-corrected chi connectivity index (χ0v) is 7.53. The van der Waals surface area contributed by atoms with Gasteiger partial charge in [-0.2, -0.15) is 0 Å². The number of ether oxygens (including phenoxy) is 1.